The molecule has 0 saturated carbocycles. The number of carbonyl (C=O) groups excluding carboxylic acids is 1. The Bertz CT molecular complexity index is 1330. The standard InChI is InChI=1S/C28H27N3O4/c1-33-21-12-10-20(11-13-21)27-24-25(19-7-5-4-6-8-19)29-30-26(24)28(32)31(27)16-15-18-9-14-22(34-2)23(17-18)35-3/h4-14,17,27H,15-16H2,1-3H3,(H,29,30). The molecule has 3 aromatic carbocycles. The van der Waals surface area contributed by atoms with Crippen molar-refractivity contribution in [2.75, 3.05) is 27.9 Å². The normalized spacial score (nSPS) is 14.7. The molecule has 5 rings (SSSR count). The Morgan fingerprint density at radius 1 is 0.886 bits per heavy atom. The van der Waals surface area contributed by atoms with Gasteiger partial charge in [0, 0.05) is 17.7 Å². The van der Waals surface area contributed by atoms with Crippen molar-refractivity contribution < 1.29 is 19.0 Å². The summed E-state index contributed by atoms with van der Waals surface area (Å²) >= 11 is 0. The lowest BCUT2D eigenvalue weighted by atomic mass is 9.96. The lowest BCUT2D eigenvalue weighted by Crippen LogP contribution is -2.31. The number of nitrogens with zero attached hydrogens (tertiary/aromatic N) is 2. The Labute approximate surface area is 204 Å². The van der Waals surface area contributed by atoms with E-state index in [1.807, 2.05) is 77.7 Å². The van der Waals surface area contributed by atoms with Gasteiger partial charge in [-0.3, -0.25) is 9.89 Å². The van der Waals surface area contributed by atoms with Crippen LogP contribution in [0.25, 0.3) is 11.3 Å². The topological polar surface area (TPSA) is 76.7 Å². The highest BCUT2D eigenvalue weighted by atomic mass is 16.5. The van der Waals surface area contributed by atoms with Crippen LogP contribution in [0.4, 0.5) is 0 Å². The zero-order chi connectivity index (χ0) is 24.4. The number of carbonyl (C=O) groups is 1. The number of benzene rings is 3. The SMILES string of the molecule is COc1ccc(C2c3c(-c4ccccc4)n[nH]c3C(=O)N2CCc2ccc(OC)c(OC)c2)cc1. The van der Waals surface area contributed by atoms with Crippen molar-refractivity contribution in [3.63, 3.8) is 0 Å². The molecule has 0 aliphatic carbocycles. The molecule has 1 aliphatic rings. The maximum absolute atomic E-state index is 13.6. The number of aromatic amines is 1. The highest BCUT2D eigenvalue weighted by Crippen LogP contribution is 2.43. The fourth-order valence-corrected chi connectivity index (χ4v) is 4.66. The number of methoxy groups -OCH3 is 3. The van der Waals surface area contributed by atoms with Crippen LogP contribution in [0.3, 0.4) is 0 Å². The zero-order valence-corrected chi connectivity index (χ0v) is 19.9. The molecule has 1 N–H and O–H groups in total. The predicted molar refractivity (Wildman–Crippen MR) is 133 cm³/mol. The Morgan fingerprint density at radius 3 is 2.31 bits per heavy atom. The monoisotopic (exact) mass is 469 g/mol. The second kappa shape index (κ2) is 9.54. The van der Waals surface area contributed by atoms with Crippen LogP contribution in [0.1, 0.15) is 33.2 Å². The van der Waals surface area contributed by atoms with Crippen molar-refractivity contribution in [3.8, 4) is 28.5 Å². The quantitative estimate of drug-likeness (QED) is 0.398. The third kappa shape index (κ3) is 4.10. The molecule has 0 saturated heterocycles. The summed E-state index contributed by atoms with van der Waals surface area (Å²) in [4.78, 5) is 15.5. The van der Waals surface area contributed by atoms with Gasteiger partial charge in [0.15, 0.2) is 11.5 Å². The Morgan fingerprint density at radius 2 is 1.63 bits per heavy atom. The smallest absolute Gasteiger partial charge is 0.273 e. The second-order valence-corrected chi connectivity index (χ2v) is 8.34. The van der Waals surface area contributed by atoms with Gasteiger partial charge in [-0.15, -0.1) is 0 Å². The second-order valence-electron chi connectivity index (χ2n) is 8.34. The van der Waals surface area contributed by atoms with Crippen molar-refractivity contribution in [2.45, 2.75) is 12.5 Å². The summed E-state index contributed by atoms with van der Waals surface area (Å²) in [5.41, 5.74) is 5.27. The molecule has 1 aliphatic heterocycles. The number of ether oxygens (including phenoxy) is 3. The maximum Gasteiger partial charge on any atom is 0.273 e. The summed E-state index contributed by atoms with van der Waals surface area (Å²) in [5.74, 6) is 2.06. The highest BCUT2D eigenvalue weighted by molar-refractivity contribution is 6.00. The van der Waals surface area contributed by atoms with Gasteiger partial charge >= 0.3 is 0 Å². The molecule has 1 aromatic heterocycles. The van der Waals surface area contributed by atoms with Crippen LogP contribution in [0.15, 0.2) is 72.8 Å². The number of hydrogen-bond acceptors (Lipinski definition) is 5. The van der Waals surface area contributed by atoms with Crippen molar-refractivity contribution in [2.24, 2.45) is 0 Å². The largest absolute Gasteiger partial charge is 0.497 e. The van der Waals surface area contributed by atoms with Crippen molar-refractivity contribution in [1.82, 2.24) is 15.1 Å². The van der Waals surface area contributed by atoms with E-state index in [1.165, 1.54) is 0 Å². The molecule has 1 atom stereocenters. The fraction of sp³-hybridized carbons (Fsp3) is 0.214. The molecule has 2 heterocycles. The number of amides is 1. The molecule has 0 bridgehead atoms. The average Bonchev–Trinajstić information content (AvgIpc) is 3.46. The van der Waals surface area contributed by atoms with E-state index in [1.54, 1.807) is 21.3 Å². The van der Waals surface area contributed by atoms with Gasteiger partial charge in [0.2, 0.25) is 0 Å². The van der Waals surface area contributed by atoms with E-state index >= 15 is 0 Å². The minimum atomic E-state index is -0.266. The molecular weight excluding hydrogens is 442 g/mol. The Balaban J connectivity index is 1.52. The van der Waals surface area contributed by atoms with Crippen LogP contribution in [0.5, 0.6) is 17.2 Å². The number of H-pyrrole nitrogens is 1. The number of aromatic nitrogens is 2. The fourth-order valence-electron chi connectivity index (χ4n) is 4.66. The van der Waals surface area contributed by atoms with Crippen molar-refractivity contribution in [3.05, 3.63) is 95.2 Å². The van der Waals surface area contributed by atoms with Gasteiger partial charge in [-0.2, -0.15) is 5.10 Å². The summed E-state index contributed by atoms with van der Waals surface area (Å²) < 4.78 is 16.2. The molecule has 7 nitrogen and oxygen atoms in total. The Kier molecular flexibility index (Phi) is 6.14. The summed E-state index contributed by atoms with van der Waals surface area (Å²) in [6.45, 7) is 0.530. The molecule has 178 valence electrons. The number of rotatable bonds is 8. The Hall–Kier alpha value is -4.26. The number of fused-ring (bicyclic) bond motifs is 1. The lowest BCUT2D eigenvalue weighted by Gasteiger charge is -2.26. The molecule has 0 radical (unpaired) electrons. The lowest BCUT2D eigenvalue weighted by molar-refractivity contribution is 0.0746. The highest BCUT2D eigenvalue weighted by Gasteiger charge is 2.41. The van der Waals surface area contributed by atoms with E-state index in [9.17, 15) is 4.79 Å². The third-order valence-electron chi connectivity index (χ3n) is 6.43. The first kappa shape index (κ1) is 22.5. The van der Waals surface area contributed by atoms with Gasteiger partial charge in [-0.05, 0) is 41.8 Å². The van der Waals surface area contributed by atoms with Crippen molar-refractivity contribution in [1.29, 1.82) is 0 Å². The van der Waals surface area contributed by atoms with E-state index in [4.69, 9.17) is 14.2 Å². The predicted octanol–water partition coefficient (Wildman–Crippen LogP) is 4.89. The molecule has 0 fully saturated rings. The van der Waals surface area contributed by atoms with Gasteiger partial charge in [-0.1, -0.05) is 48.5 Å². The van der Waals surface area contributed by atoms with Crippen molar-refractivity contribution >= 4 is 5.91 Å². The molecule has 1 unspecified atom stereocenters. The van der Waals surface area contributed by atoms with E-state index in [0.29, 0.717) is 30.2 Å². The van der Waals surface area contributed by atoms with Gasteiger partial charge in [0.05, 0.1) is 33.1 Å². The first-order valence-electron chi connectivity index (χ1n) is 11.4. The summed E-state index contributed by atoms with van der Waals surface area (Å²) in [6.07, 6.45) is 0.664. The first-order valence-corrected chi connectivity index (χ1v) is 11.4. The maximum atomic E-state index is 13.6. The van der Waals surface area contributed by atoms with Gasteiger partial charge < -0.3 is 19.1 Å². The van der Waals surface area contributed by atoms with E-state index in [2.05, 4.69) is 10.2 Å². The van der Waals surface area contributed by atoms with Crippen LogP contribution >= 0.6 is 0 Å². The molecule has 35 heavy (non-hydrogen) atoms. The van der Waals surface area contributed by atoms with Gasteiger partial charge in [0.1, 0.15) is 11.4 Å². The molecule has 4 aromatic rings. The number of hydrogen-bond donors (Lipinski definition) is 1. The third-order valence-corrected chi connectivity index (χ3v) is 6.43. The zero-order valence-electron chi connectivity index (χ0n) is 19.9. The van der Waals surface area contributed by atoms with Crippen LogP contribution in [0, 0.1) is 0 Å². The summed E-state index contributed by atoms with van der Waals surface area (Å²) in [5, 5.41) is 7.55. The van der Waals surface area contributed by atoms with E-state index < -0.39 is 0 Å². The van der Waals surface area contributed by atoms with Crippen LogP contribution in [0.2, 0.25) is 0 Å². The summed E-state index contributed by atoms with van der Waals surface area (Å²) in [7, 11) is 4.88. The molecule has 7 heteroatoms. The van der Waals surface area contributed by atoms with E-state index in [0.717, 1.165) is 33.7 Å². The van der Waals surface area contributed by atoms with Gasteiger partial charge in [-0.25, -0.2) is 0 Å². The number of nitrogens with one attached hydrogen (secondary N) is 1. The summed E-state index contributed by atoms with van der Waals surface area (Å²) in [6, 6.07) is 23.4. The van der Waals surface area contributed by atoms with Crippen LogP contribution in [-0.4, -0.2) is 48.9 Å². The van der Waals surface area contributed by atoms with Gasteiger partial charge in [0.25, 0.3) is 5.91 Å². The van der Waals surface area contributed by atoms with Crippen LogP contribution in [-0.2, 0) is 6.42 Å². The van der Waals surface area contributed by atoms with Crippen LogP contribution < -0.4 is 14.2 Å². The molecule has 0 spiro atoms. The average molecular weight is 470 g/mol. The first-order chi connectivity index (χ1) is 17.1. The molecular formula is C28H27N3O4. The molecule has 1 amide bonds. The van der Waals surface area contributed by atoms with E-state index in [-0.39, 0.29) is 11.9 Å². The minimum absolute atomic E-state index is 0.0593. The minimum Gasteiger partial charge on any atom is -0.497 e.